The van der Waals surface area contributed by atoms with Crippen molar-refractivity contribution in [3.8, 4) is 0 Å². The number of esters is 1. The average molecular weight is 481 g/mol. The summed E-state index contributed by atoms with van der Waals surface area (Å²) in [6.45, 7) is 2.19. The van der Waals surface area contributed by atoms with Crippen molar-refractivity contribution >= 4 is 46.6 Å². The number of rotatable bonds is 8. The standard InChI is InChI=1S/C20H24N4O6S2/c1-14-7-9-17(10-8-14)32(28,29)23-19(26)22-16-6-3-5-15(13-16)18(25)30-12-4-11-21-20(27)24(2)31/h3,5-10,13,31H,4,11-12H2,1-2H3,(H,21,27)(H2,22,23,26). The minimum atomic E-state index is -4.04. The maximum absolute atomic E-state index is 12.3. The van der Waals surface area contributed by atoms with Crippen LogP contribution in [0.5, 0.6) is 0 Å². The van der Waals surface area contributed by atoms with Gasteiger partial charge in [-0.3, -0.25) is 4.31 Å². The van der Waals surface area contributed by atoms with Crippen molar-refractivity contribution in [3.05, 3.63) is 59.7 Å². The van der Waals surface area contributed by atoms with Crippen LogP contribution in [0.3, 0.4) is 0 Å². The number of thiol groups is 1. The second-order valence-electron chi connectivity index (χ2n) is 6.70. The Morgan fingerprint density at radius 2 is 1.78 bits per heavy atom. The van der Waals surface area contributed by atoms with E-state index in [1.807, 2.05) is 11.6 Å². The molecular formula is C20H24N4O6S2. The van der Waals surface area contributed by atoms with Gasteiger partial charge in [0.15, 0.2) is 0 Å². The molecule has 0 atom stereocenters. The van der Waals surface area contributed by atoms with Crippen LogP contribution in [0.25, 0.3) is 0 Å². The van der Waals surface area contributed by atoms with E-state index < -0.39 is 22.0 Å². The maximum atomic E-state index is 12.3. The number of carbonyl (C=O) groups is 3. The molecule has 10 nitrogen and oxygen atoms in total. The SMILES string of the molecule is Cc1ccc(S(=O)(=O)NC(=O)Nc2cccc(C(=O)OCCCNC(=O)N(C)S)c2)cc1. The second kappa shape index (κ2) is 11.4. The molecule has 0 fully saturated rings. The first-order chi connectivity index (χ1) is 15.1. The van der Waals surface area contributed by atoms with Crippen LogP contribution in [0.15, 0.2) is 53.4 Å². The molecule has 0 heterocycles. The number of hydrogen-bond donors (Lipinski definition) is 4. The highest BCUT2D eigenvalue weighted by molar-refractivity contribution is 7.90. The Kier molecular flexibility index (Phi) is 8.91. The van der Waals surface area contributed by atoms with E-state index in [1.54, 1.807) is 12.1 Å². The van der Waals surface area contributed by atoms with Gasteiger partial charge in [-0.15, -0.1) is 0 Å². The summed E-state index contributed by atoms with van der Waals surface area (Å²) in [5.74, 6) is -0.626. The van der Waals surface area contributed by atoms with E-state index in [2.05, 4.69) is 23.4 Å². The first-order valence-corrected chi connectivity index (χ1v) is 11.3. The summed E-state index contributed by atoms with van der Waals surface area (Å²) in [7, 11) is -2.56. The van der Waals surface area contributed by atoms with E-state index in [0.29, 0.717) is 13.0 Å². The number of carbonyl (C=O) groups excluding carboxylic acids is 3. The van der Waals surface area contributed by atoms with Crippen molar-refractivity contribution in [1.82, 2.24) is 14.3 Å². The van der Waals surface area contributed by atoms with Crippen LogP contribution in [0.2, 0.25) is 0 Å². The number of benzene rings is 2. The third kappa shape index (κ3) is 7.78. The zero-order valence-electron chi connectivity index (χ0n) is 17.5. The highest BCUT2D eigenvalue weighted by atomic mass is 32.2. The molecule has 0 saturated carbocycles. The number of ether oxygens (including phenoxy) is 1. The molecule has 12 heteroatoms. The number of amides is 4. The van der Waals surface area contributed by atoms with Gasteiger partial charge in [0.2, 0.25) is 0 Å². The average Bonchev–Trinajstić information content (AvgIpc) is 2.73. The lowest BCUT2D eigenvalue weighted by molar-refractivity contribution is 0.0501. The minimum absolute atomic E-state index is 0.0483. The quantitative estimate of drug-likeness (QED) is 0.261. The number of aryl methyl sites for hydroxylation is 1. The topological polar surface area (TPSA) is 134 Å². The van der Waals surface area contributed by atoms with Crippen LogP contribution < -0.4 is 15.4 Å². The molecule has 0 aliphatic rings. The third-order valence-electron chi connectivity index (χ3n) is 4.04. The van der Waals surface area contributed by atoms with Gasteiger partial charge in [-0.25, -0.2) is 27.5 Å². The van der Waals surface area contributed by atoms with Gasteiger partial charge in [0.1, 0.15) is 0 Å². The molecular weight excluding hydrogens is 456 g/mol. The van der Waals surface area contributed by atoms with Crippen molar-refractivity contribution in [3.63, 3.8) is 0 Å². The highest BCUT2D eigenvalue weighted by Gasteiger charge is 2.18. The van der Waals surface area contributed by atoms with Crippen LogP contribution in [-0.4, -0.2) is 51.0 Å². The van der Waals surface area contributed by atoms with Gasteiger partial charge < -0.3 is 15.4 Å². The summed E-state index contributed by atoms with van der Waals surface area (Å²) in [5, 5.41) is 4.95. The molecule has 0 aliphatic carbocycles. The number of sulfonamides is 1. The van der Waals surface area contributed by atoms with Crippen LogP contribution in [0.1, 0.15) is 22.3 Å². The fourth-order valence-electron chi connectivity index (χ4n) is 2.41. The first-order valence-electron chi connectivity index (χ1n) is 9.46. The van der Waals surface area contributed by atoms with Crippen LogP contribution in [0, 0.1) is 6.92 Å². The lowest BCUT2D eigenvalue weighted by Crippen LogP contribution is -2.34. The molecule has 4 amide bonds. The number of nitrogens with zero attached hydrogens (tertiary/aromatic N) is 1. The van der Waals surface area contributed by atoms with E-state index in [4.69, 9.17) is 4.74 Å². The zero-order chi connectivity index (χ0) is 23.7. The monoisotopic (exact) mass is 480 g/mol. The Bertz CT molecular complexity index is 1070. The summed E-state index contributed by atoms with van der Waals surface area (Å²) in [6, 6.07) is 10.5. The smallest absolute Gasteiger partial charge is 0.338 e. The summed E-state index contributed by atoms with van der Waals surface area (Å²) < 4.78 is 32.7. The zero-order valence-corrected chi connectivity index (χ0v) is 19.2. The van der Waals surface area contributed by atoms with Crippen molar-refractivity contribution in [2.75, 3.05) is 25.5 Å². The Morgan fingerprint density at radius 1 is 1.09 bits per heavy atom. The van der Waals surface area contributed by atoms with E-state index in [1.165, 1.54) is 43.4 Å². The van der Waals surface area contributed by atoms with Gasteiger partial charge in [-0.05, 0) is 43.7 Å². The molecule has 3 N–H and O–H groups in total. The summed E-state index contributed by atoms with van der Waals surface area (Å²) in [4.78, 5) is 35.6. The summed E-state index contributed by atoms with van der Waals surface area (Å²) >= 11 is 3.84. The lowest BCUT2D eigenvalue weighted by Gasteiger charge is -2.11. The number of nitrogens with one attached hydrogen (secondary N) is 3. The lowest BCUT2D eigenvalue weighted by atomic mass is 10.2. The molecule has 172 valence electrons. The van der Waals surface area contributed by atoms with Gasteiger partial charge in [-0.1, -0.05) is 36.6 Å². The predicted molar refractivity (Wildman–Crippen MR) is 122 cm³/mol. The van der Waals surface area contributed by atoms with Crippen LogP contribution >= 0.6 is 12.8 Å². The van der Waals surface area contributed by atoms with Crippen molar-refractivity contribution in [1.29, 1.82) is 0 Å². The number of hydrogen-bond acceptors (Lipinski definition) is 7. The predicted octanol–water partition coefficient (Wildman–Crippen LogP) is 2.54. The second-order valence-corrected chi connectivity index (χ2v) is 8.98. The summed E-state index contributed by atoms with van der Waals surface area (Å²) in [6.07, 6.45) is 0.399. The van der Waals surface area contributed by atoms with E-state index in [0.717, 1.165) is 9.87 Å². The summed E-state index contributed by atoms with van der Waals surface area (Å²) in [5.41, 5.74) is 1.26. The molecule has 0 unspecified atom stereocenters. The number of anilines is 1. The maximum Gasteiger partial charge on any atom is 0.338 e. The van der Waals surface area contributed by atoms with Crippen molar-refractivity contribution in [2.24, 2.45) is 0 Å². The molecule has 32 heavy (non-hydrogen) atoms. The fraction of sp³-hybridized carbons (Fsp3) is 0.250. The number of urea groups is 2. The fourth-order valence-corrected chi connectivity index (χ4v) is 3.39. The normalized spacial score (nSPS) is 10.7. The van der Waals surface area contributed by atoms with Crippen molar-refractivity contribution in [2.45, 2.75) is 18.2 Å². The van der Waals surface area contributed by atoms with Gasteiger partial charge in [-0.2, -0.15) is 0 Å². The molecule has 0 saturated heterocycles. The van der Waals surface area contributed by atoms with E-state index in [9.17, 15) is 22.8 Å². The third-order valence-corrected chi connectivity index (χ3v) is 5.57. The molecule has 2 aromatic carbocycles. The largest absolute Gasteiger partial charge is 0.462 e. The molecule has 0 radical (unpaired) electrons. The molecule has 2 rings (SSSR count). The Morgan fingerprint density at radius 3 is 2.44 bits per heavy atom. The Labute approximate surface area is 191 Å². The molecule has 0 bridgehead atoms. The molecule has 2 aromatic rings. The highest BCUT2D eigenvalue weighted by Crippen LogP contribution is 2.13. The van der Waals surface area contributed by atoms with Crippen LogP contribution in [-0.2, 0) is 14.8 Å². The van der Waals surface area contributed by atoms with Gasteiger partial charge in [0, 0.05) is 19.3 Å². The van der Waals surface area contributed by atoms with Gasteiger partial charge in [0.25, 0.3) is 10.0 Å². The molecule has 0 aliphatic heterocycles. The Hall–Kier alpha value is -3.25. The van der Waals surface area contributed by atoms with Crippen molar-refractivity contribution < 1.29 is 27.5 Å². The molecule has 0 aromatic heterocycles. The minimum Gasteiger partial charge on any atom is -0.462 e. The van der Waals surface area contributed by atoms with E-state index in [-0.39, 0.29) is 28.8 Å². The van der Waals surface area contributed by atoms with Crippen LogP contribution in [0.4, 0.5) is 15.3 Å². The van der Waals surface area contributed by atoms with E-state index >= 15 is 0 Å². The van der Waals surface area contributed by atoms with Gasteiger partial charge >= 0.3 is 18.0 Å². The molecule has 0 spiro atoms. The van der Waals surface area contributed by atoms with Gasteiger partial charge in [0.05, 0.1) is 17.1 Å². The Balaban J connectivity index is 1.87. The first kappa shape index (κ1) is 25.0.